The van der Waals surface area contributed by atoms with Gasteiger partial charge in [0, 0.05) is 18.2 Å². The van der Waals surface area contributed by atoms with Crippen LogP contribution in [0.4, 0.5) is 0 Å². The Morgan fingerprint density at radius 2 is 2.05 bits per heavy atom. The maximum Gasteiger partial charge on any atom is 0.186 e. The molecule has 0 spiro atoms. The molecule has 1 aromatic rings. The Morgan fingerprint density at radius 3 is 2.63 bits per heavy atom. The zero-order valence-electron chi connectivity index (χ0n) is 11.0. The Labute approximate surface area is 126 Å². The predicted octanol–water partition coefficient (Wildman–Crippen LogP) is 2.28. The zero-order valence-corrected chi connectivity index (χ0v) is 13.4. The van der Waals surface area contributed by atoms with Gasteiger partial charge in [0.25, 0.3) is 0 Å². The van der Waals surface area contributed by atoms with Gasteiger partial charge in [0.1, 0.15) is 11.5 Å². The fourth-order valence-electron chi connectivity index (χ4n) is 1.34. The number of methoxy groups -OCH3 is 2. The Morgan fingerprint density at radius 1 is 1.37 bits per heavy atom. The van der Waals surface area contributed by atoms with Gasteiger partial charge in [-0.3, -0.25) is 5.43 Å². The second-order valence-corrected chi connectivity index (χ2v) is 4.72. The minimum absolute atomic E-state index is 0.477. The molecular weight excluding hydrogens is 330 g/mol. The van der Waals surface area contributed by atoms with E-state index >= 15 is 0 Å². The molecule has 19 heavy (non-hydrogen) atoms. The van der Waals surface area contributed by atoms with Gasteiger partial charge in [-0.15, -0.1) is 0 Å². The van der Waals surface area contributed by atoms with Crippen LogP contribution in [0.2, 0.25) is 0 Å². The largest absolute Gasteiger partial charge is 0.496 e. The van der Waals surface area contributed by atoms with E-state index in [1.807, 2.05) is 13.0 Å². The normalized spacial score (nSPS) is 10.3. The summed E-state index contributed by atoms with van der Waals surface area (Å²) in [6.07, 6.45) is 1.63. The van der Waals surface area contributed by atoms with Gasteiger partial charge in [-0.1, -0.05) is 0 Å². The first kappa shape index (κ1) is 15.7. The SMILES string of the molecule is CCNC(=S)N/N=C\c1cc(Br)c(OC)cc1OC. The van der Waals surface area contributed by atoms with Crippen LogP contribution in [0.25, 0.3) is 0 Å². The van der Waals surface area contributed by atoms with Crippen LogP contribution in [0.5, 0.6) is 11.5 Å². The number of nitrogens with one attached hydrogen (secondary N) is 2. The molecular formula is C12H16BrN3O2S. The molecule has 7 heteroatoms. The first-order chi connectivity index (χ1) is 9.12. The summed E-state index contributed by atoms with van der Waals surface area (Å²) in [6.45, 7) is 2.71. The standard InChI is InChI=1S/C12H16BrN3O2S/c1-4-14-12(19)16-15-7-8-5-9(13)11(18-3)6-10(8)17-2/h5-7H,4H2,1-3H3,(H2,14,16,19)/b15-7-. The van der Waals surface area contributed by atoms with Crippen LogP contribution < -0.4 is 20.2 Å². The van der Waals surface area contributed by atoms with E-state index in [0.29, 0.717) is 16.6 Å². The van der Waals surface area contributed by atoms with E-state index in [1.165, 1.54) is 0 Å². The topological polar surface area (TPSA) is 54.9 Å². The quantitative estimate of drug-likeness (QED) is 0.487. The Balaban J connectivity index is 2.85. The van der Waals surface area contributed by atoms with Crippen molar-refractivity contribution < 1.29 is 9.47 Å². The van der Waals surface area contributed by atoms with E-state index in [0.717, 1.165) is 16.6 Å². The molecule has 0 aliphatic rings. The molecule has 1 rings (SSSR count). The van der Waals surface area contributed by atoms with Gasteiger partial charge in [0.05, 0.1) is 24.9 Å². The molecule has 0 unspecified atom stereocenters. The number of halogens is 1. The van der Waals surface area contributed by atoms with Crippen LogP contribution in [0.3, 0.4) is 0 Å². The minimum Gasteiger partial charge on any atom is -0.496 e. The Kier molecular flexibility index (Phi) is 6.58. The fourth-order valence-corrected chi connectivity index (χ4v) is 2.06. The third kappa shape index (κ3) is 4.68. The molecule has 0 atom stereocenters. The number of ether oxygens (including phenoxy) is 2. The monoisotopic (exact) mass is 345 g/mol. The van der Waals surface area contributed by atoms with Gasteiger partial charge in [-0.25, -0.2) is 0 Å². The fraction of sp³-hybridized carbons (Fsp3) is 0.333. The summed E-state index contributed by atoms with van der Waals surface area (Å²) in [5, 5.41) is 7.46. The summed E-state index contributed by atoms with van der Waals surface area (Å²) < 4.78 is 11.3. The third-order valence-corrected chi connectivity index (χ3v) is 3.07. The van der Waals surface area contributed by atoms with Crippen LogP contribution in [0.15, 0.2) is 21.7 Å². The van der Waals surface area contributed by atoms with Crippen molar-refractivity contribution in [2.24, 2.45) is 5.10 Å². The van der Waals surface area contributed by atoms with Crippen molar-refractivity contribution in [3.05, 3.63) is 22.2 Å². The first-order valence-corrected chi connectivity index (χ1v) is 6.80. The van der Waals surface area contributed by atoms with E-state index in [4.69, 9.17) is 21.7 Å². The molecule has 0 radical (unpaired) electrons. The van der Waals surface area contributed by atoms with Crippen LogP contribution in [-0.4, -0.2) is 32.1 Å². The summed E-state index contributed by atoms with van der Waals surface area (Å²) in [5.74, 6) is 1.37. The van der Waals surface area contributed by atoms with Crippen LogP contribution in [0.1, 0.15) is 12.5 Å². The average molecular weight is 346 g/mol. The summed E-state index contributed by atoms with van der Waals surface area (Å²) in [4.78, 5) is 0. The highest BCUT2D eigenvalue weighted by atomic mass is 79.9. The molecule has 0 fully saturated rings. The average Bonchev–Trinajstić information content (AvgIpc) is 2.39. The number of hydrogen-bond donors (Lipinski definition) is 2. The lowest BCUT2D eigenvalue weighted by atomic mass is 10.2. The van der Waals surface area contributed by atoms with Gasteiger partial charge >= 0.3 is 0 Å². The van der Waals surface area contributed by atoms with Gasteiger partial charge in [-0.2, -0.15) is 5.10 Å². The highest BCUT2D eigenvalue weighted by molar-refractivity contribution is 9.10. The smallest absolute Gasteiger partial charge is 0.186 e. The maximum absolute atomic E-state index is 5.28. The summed E-state index contributed by atoms with van der Waals surface area (Å²) in [6, 6.07) is 3.65. The van der Waals surface area contributed by atoms with Gasteiger partial charge in [-0.05, 0) is 41.1 Å². The summed E-state index contributed by atoms with van der Waals surface area (Å²) in [7, 11) is 3.19. The second-order valence-electron chi connectivity index (χ2n) is 3.46. The third-order valence-electron chi connectivity index (χ3n) is 2.21. The number of rotatable bonds is 5. The first-order valence-electron chi connectivity index (χ1n) is 5.60. The molecule has 0 amide bonds. The lowest BCUT2D eigenvalue weighted by Crippen LogP contribution is -2.31. The lowest BCUT2D eigenvalue weighted by molar-refractivity contribution is 0.392. The van der Waals surface area contributed by atoms with E-state index in [-0.39, 0.29) is 0 Å². The number of hydrogen-bond acceptors (Lipinski definition) is 4. The van der Waals surface area contributed by atoms with Crippen molar-refractivity contribution in [2.45, 2.75) is 6.92 Å². The Bertz CT molecular complexity index is 480. The molecule has 0 aliphatic heterocycles. The molecule has 5 nitrogen and oxygen atoms in total. The van der Waals surface area contributed by atoms with Gasteiger partial charge < -0.3 is 14.8 Å². The van der Waals surface area contributed by atoms with E-state index in [9.17, 15) is 0 Å². The molecule has 0 saturated heterocycles. The minimum atomic E-state index is 0.477. The van der Waals surface area contributed by atoms with Crippen LogP contribution in [0, 0.1) is 0 Å². The summed E-state index contributed by atoms with van der Waals surface area (Å²) in [5.41, 5.74) is 3.53. The van der Waals surface area contributed by atoms with Crippen molar-refractivity contribution in [2.75, 3.05) is 20.8 Å². The van der Waals surface area contributed by atoms with Crippen LogP contribution >= 0.6 is 28.1 Å². The van der Waals surface area contributed by atoms with Gasteiger partial charge in [0.2, 0.25) is 0 Å². The number of hydrazone groups is 1. The van der Waals surface area contributed by atoms with Crippen molar-refractivity contribution in [1.82, 2.24) is 10.7 Å². The number of thiocarbonyl (C=S) groups is 1. The Hall–Kier alpha value is -1.34. The van der Waals surface area contributed by atoms with Gasteiger partial charge in [0.15, 0.2) is 5.11 Å². The van der Waals surface area contributed by atoms with Crippen molar-refractivity contribution in [3.63, 3.8) is 0 Å². The zero-order chi connectivity index (χ0) is 14.3. The van der Waals surface area contributed by atoms with E-state index in [1.54, 1.807) is 26.5 Å². The molecule has 0 heterocycles. The van der Waals surface area contributed by atoms with Crippen molar-refractivity contribution in [1.29, 1.82) is 0 Å². The van der Waals surface area contributed by atoms with E-state index < -0.39 is 0 Å². The highest BCUT2D eigenvalue weighted by Crippen LogP contribution is 2.31. The summed E-state index contributed by atoms with van der Waals surface area (Å²) >= 11 is 8.41. The molecule has 1 aromatic carbocycles. The number of nitrogens with zero attached hydrogens (tertiary/aromatic N) is 1. The molecule has 104 valence electrons. The maximum atomic E-state index is 5.28. The van der Waals surface area contributed by atoms with E-state index in [2.05, 4.69) is 31.8 Å². The molecule has 0 aliphatic carbocycles. The number of benzene rings is 1. The van der Waals surface area contributed by atoms with Crippen molar-refractivity contribution in [3.8, 4) is 11.5 Å². The highest BCUT2D eigenvalue weighted by Gasteiger charge is 2.07. The molecule has 2 N–H and O–H groups in total. The second kappa shape index (κ2) is 7.96. The molecule has 0 aromatic heterocycles. The van der Waals surface area contributed by atoms with Crippen molar-refractivity contribution >= 4 is 39.5 Å². The molecule has 0 saturated carbocycles. The van der Waals surface area contributed by atoms with Crippen LogP contribution in [-0.2, 0) is 0 Å². The lowest BCUT2D eigenvalue weighted by Gasteiger charge is -2.09. The predicted molar refractivity (Wildman–Crippen MR) is 84.3 cm³/mol. The molecule has 0 bridgehead atoms.